The molecule has 0 spiro atoms. The fraction of sp³-hybridized carbons (Fsp3) is 0.0800. The lowest BCUT2D eigenvalue weighted by Crippen LogP contribution is -2.25. The van der Waals surface area contributed by atoms with E-state index in [0.29, 0.717) is 0 Å². The lowest BCUT2D eigenvalue weighted by molar-refractivity contribution is 0.661. The van der Waals surface area contributed by atoms with Crippen LogP contribution in [0.25, 0.3) is 76.3 Å². The van der Waals surface area contributed by atoms with Gasteiger partial charge in [0.15, 0.2) is 0 Å². The lowest BCUT2D eigenvalue weighted by atomic mass is 9.82. The number of fused-ring (bicyclic) bond motifs is 11. The minimum absolute atomic E-state index is 0.0990. The molecule has 10 rings (SSSR count). The van der Waals surface area contributed by atoms with Crippen molar-refractivity contribution in [3.05, 3.63) is 179 Å². The molecule has 0 unspecified atom stereocenters. The fourth-order valence-electron chi connectivity index (χ4n) is 8.79. The zero-order valence-corrected chi connectivity index (χ0v) is 30.4. The molecule has 52 heavy (non-hydrogen) atoms. The van der Waals surface area contributed by atoms with Crippen LogP contribution < -0.4 is 15.3 Å². The smallest absolute Gasteiger partial charge is 0.0536 e. The number of hydrogen-bond acceptors (Lipinski definition) is 2. The molecule has 2 heteroatoms. The highest BCUT2D eigenvalue weighted by Gasteiger charge is 2.37. The van der Waals surface area contributed by atoms with Gasteiger partial charge < -0.3 is 4.90 Å². The molecule has 0 aliphatic heterocycles. The van der Waals surface area contributed by atoms with Crippen molar-refractivity contribution in [1.29, 1.82) is 0 Å². The summed E-state index contributed by atoms with van der Waals surface area (Å²) < 4.78 is 2.72. The van der Waals surface area contributed by atoms with Gasteiger partial charge in [-0.15, -0.1) is 11.3 Å². The van der Waals surface area contributed by atoms with Crippen molar-refractivity contribution in [3.8, 4) is 11.1 Å². The van der Waals surface area contributed by atoms with Crippen molar-refractivity contribution in [1.82, 2.24) is 0 Å². The first-order valence-corrected chi connectivity index (χ1v) is 18.9. The minimum atomic E-state index is -0.0990. The summed E-state index contributed by atoms with van der Waals surface area (Å²) in [4.78, 5) is 2.45. The molecule has 1 nitrogen and oxygen atoms in total. The number of rotatable bonds is 4. The van der Waals surface area contributed by atoms with E-state index in [9.17, 15) is 0 Å². The standard InChI is InChI=1S/C50H37NS/c1-31(24-26-36-32(2)35-16-7-8-18-38(35)40-20-10-9-19-39(36)40)51(46-22-13-15-33-14-5-6-17-37(33)46)34-25-28-44-43(30-34)48-45(50(44,3)4)29-27-42-41-21-11-12-23-47(41)52-49(42)48/h5-30H,2H2,1,3-4H3/b31-24+,36-26+. The van der Waals surface area contributed by atoms with Crippen LogP contribution in [-0.2, 0) is 5.41 Å². The molecule has 1 heterocycles. The van der Waals surface area contributed by atoms with Gasteiger partial charge in [0.2, 0.25) is 0 Å². The van der Waals surface area contributed by atoms with Crippen molar-refractivity contribution in [3.63, 3.8) is 0 Å². The maximum atomic E-state index is 4.62. The van der Waals surface area contributed by atoms with Crippen molar-refractivity contribution < 1.29 is 0 Å². The molecule has 0 fully saturated rings. The van der Waals surface area contributed by atoms with E-state index in [0.717, 1.165) is 27.5 Å². The number of allylic oxidation sites excluding steroid dienone is 2. The van der Waals surface area contributed by atoms with E-state index in [4.69, 9.17) is 0 Å². The minimum Gasteiger partial charge on any atom is -0.314 e. The van der Waals surface area contributed by atoms with Crippen molar-refractivity contribution in [2.24, 2.45) is 0 Å². The Balaban J connectivity index is 1.23. The van der Waals surface area contributed by atoms with Gasteiger partial charge in [0.1, 0.15) is 0 Å². The van der Waals surface area contributed by atoms with Crippen molar-refractivity contribution in [2.75, 3.05) is 4.90 Å². The van der Waals surface area contributed by atoms with Crippen LogP contribution in [0.5, 0.6) is 0 Å². The molecule has 0 amide bonds. The summed E-state index contributed by atoms with van der Waals surface area (Å²) in [5.74, 6) is 0. The quantitative estimate of drug-likeness (QED) is 0.167. The summed E-state index contributed by atoms with van der Waals surface area (Å²) in [7, 11) is 0. The highest BCUT2D eigenvalue weighted by atomic mass is 32.1. The van der Waals surface area contributed by atoms with Crippen LogP contribution in [0.15, 0.2) is 157 Å². The summed E-state index contributed by atoms with van der Waals surface area (Å²) in [5.41, 5.74) is 8.85. The number of hydrogen-bond donors (Lipinski definition) is 0. The lowest BCUT2D eigenvalue weighted by Gasteiger charge is -2.28. The third kappa shape index (κ3) is 4.47. The second-order valence-electron chi connectivity index (χ2n) is 14.6. The maximum absolute atomic E-state index is 4.62. The average Bonchev–Trinajstić information content (AvgIpc) is 3.67. The van der Waals surface area contributed by atoms with Gasteiger partial charge in [0.25, 0.3) is 0 Å². The monoisotopic (exact) mass is 683 g/mol. The Labute approximate surface area is 307 Å². The highest BCUT2D eigenvalue weighted by Crippen LogP contribution is 2.55. The van der Waals surface area contributed by atoms with Gasteiger partial charge in [-0.2, -0.15) is 0 Å². The summed E-state index contributed by atoms with van der Waals surface area (Å²) in [5, 5.41) is 12.2. The van der Waals surface area contributed by atoms with E-state index in [1.54, 1.807) is 0 Å². The molecule has 0 bridgehead atoms. The van der Waals surface area contributed by atoms with Gasteiger partial charge in [-0.3, -0.25) is 0 Å². The van der Waals surface area contributed by atoms with E-state index in [-0.39, 0.29) is 5.41 Å². The first-order valence-electron chi connectivity index (χ1n) is 18.0. The predicted molar refractivity (Wildman–Crippen MR) is 227 cm³/mol. The molecule has 1 aliphatic rings. The Morgan fingerprint density at radius 2 is 1.25 bits per heavy atom. The van der Waals surface area contributed by atoms with E-state index in [2.05, 4.69) is 190 Å². The summed E-state index contributed by atoms with van der Waals surface area (Å²) in [6.45, 7) is 11.6. The van der Waals surface area contributed by atoms with Gasteiger partial charge in [0, 0.05) is 47.9 Å². The Hall–Kier alpha value is -5.96. The SMILES string of the molecule is C=c1/c(=C\C=C(/C)N(c2ccc3c(c2)-c2c(ccc4c2sc2ccccc24)C3(C)C)c2cccc3ccccc23)c2ccccc2c2ccccc12. The molecule has 248 valence electrons. The Morgan fingerprint density at radius 3 is 2.06 bits per heavy atom. The van der Waals surface area contributed by atoms with Crippen LogP contribution in [0.1, 0.15) is 31.9 Å². The van der Waals surface area contributed by atoms with E-state index in [1.165, 1.54) is 74.7 Å². The van der Waals surface area contributed by atoms with E-state index < -0.39 is 0 Å². The van der Waals surface area contributed by atoms with Crippen LogP contribution in [-0.4, -0.2) is 0 Å². The molecule has 1 aliphatic carbocycles. The molecular weight excluding hydrogens is 647 g/mol. The average molecular weight is 684 g/mol. The number of anilines is 2. The van der Waals surface area contributed by atoms with Crippen LogP contribution in [0.4, 0.5) is 11.4 Å². The van der Waals surface area contributed by atoms with Crippen LogP contribution >= 0.6 is 11.3 Å². The third-order valence-electron chi connectivity index (χ3n) is 11.4. The number of thiophene rings is 1. The molecule has 9 aromatic rings. The van der Waals surface area contributed by atoms with Gasteiger partial charge in [-0.05, 0) is 91.3 Å². The molecule has 0 radical (unpaired) electrons. The Morgan fingerprint density at radius 1 is 0.615 bits per heavy atom. The van der Waals surface area contributed by atoms with Gasteiger partial charge in [0.05, 0.1) is 5.69 Å². The zero-order chi connectivity index (χ0) is 35.1. The summed E-state index contributed by atoms with van der Waals surface area (Å²) in [6, 6.07) is 53.4. The van der Waals surface area contributed by atoms with Gasteiger partial charge in [-0.1, -0.05) is 148 Å². The third-order valence-corrected chi connectivity index (χ3v) is 12.6. The van der Waals surface area contributed by atoms with Crippen LogP contribution in [0, 0.1) is 0 Å². The zero-order valence-electron chi connectivity index (χ0n) is 29.6. The highest BCUT2D eigenvalue weighted by molar-refractivity contribution is 7.26. The molecule has 0 saturated carbocycles. The van der Waals surface area contributed by atoms with Crippen LogP contribution in [0.3, 0.4) is 0 Å². The van der Waals surface area contributed by atoms with Gasteiger partial charge in [-0.25, -0.2) is 0 Å². The number of nitrogens with zero attached hydrogens (tertiary/aromatic N) is 1. The first-order chi connectivity index (χ1) is 25.4. The second-order valence-corrected chi connectivity index (χ2v) is 15.7. The van der Waals surface area contributed by atoms with Crippen LogP contribution in [0.2, 0.25) is 0 Å². The molecule has 1 aromatic heterocycles. The fourth-order valence-corrected chi connectivity index (χ4v) is 10.1. The van der Waals surface area contributed by atoms with Gasteiger partial charge >= 0.3 is 0 Å². The van der Waals surface area contributed by atoms with E-state index in [1.807, 2.05) is 11.3 Å². The Bertz CT molecular complexity index is 3080. The van der Waals surface area contributed by atoms with Crippen molar-refractivity contribution in [2.45, 2.75) is 26.2 Å². The first kappa shape index (κ1) is 30.8. The molecule has 0 N–H and O–H groups in total. The van der Waals surface area contributed by atoms with E-state index >= 15 is 0 Å². The molecule has 8 aromatic carbocycles. The largest absolute Gasteiger partial charge is 0.314 e. The summed E-state index contributed by atoms with van der Waals surface area (Å²) in [6.07, 6.45) is 4.55. The second kappa shape index (κ2) is 11.5. The Kier molecular flexibility index (Phi) is 6.84. The molecule has 0 atom stereocenters. The van der Waals surface area contributed by atoms with Crippen molar-refractivity contribution >= 4 is 87.9 Å². The predicted octanol–water partition coefficient (Wildman–Crippen LogP) is 12.8. The topological polar surface area (TPSA) is 3.24 Å². The molecule has 0 saturated heterocycles. The molecular formula is C50H37NS. The number of benzene rings is 8. The normalized spacial score (nSPS) is 14.1. The summed E-state index contributed by atoms with van der Waals surface area (Å²) >= 11 is 1.92. The maximum Gasteiger partial charge on any atom is 0.0536 e.